The number of hydrogen-bond donors (Lipinski definition) is 0. The smallest absolute Gasteiger partial charge is 0.333 e. The van der Waals surface area contributed by atoms with Crippen molar-refractivity contribution in [1.82, 2.24) is 0 Å². The molecule has 0 aliphatic heterocycles. The summed E-state index contributed by atoms with van der Waals surface area (Å²) >= 11 is 0. The fraction of sp³-hybridized carbons (Fsp3) is 1.00. The lowest BCUT2D eigenvalue weighted by molar-refractivity contribution is -0.466. The Hall–Kier alpha value is -0.980. The first-order chi connectivity index (χ1) is 14.0. The van der Waals surface area contributed by atoms with E-state index in [1.54, 1.807) is 0 Å². The van der Waals surface area contributed by atoms with Crippen LogP contribution in [0.2, 0.25) is 0 Å². The summed E-state index contributed by atoms with van der Waals surface area (Å²) < 4.78 is 255. The van der Waals surface area contributed by atoms with Crippen LogP contribution in [0.25, 0.3) is 0 Å². The molecule has 0 atom stereocenters. The minimum Gasteiger partial charge on any atom is -0.333 e. The molecule has 0 radical (unpaired) electrons. The van der Waals surface area contributed by atoms with E-state index in [2.05, 4.69) is 9.05 Å². The largest absolute Gasteiger partial charge is 0.460 e. The Morgan fingerprint density at radius 2 is 0.576 bits per heavy atom. The highest BCUT2D eigenvalue weighted by molar-refractivity contribution is 7.48. The van der Waals surface area contributed by atoms with Crippen molar-refractivity contribution in [3.05, 3.63) is 0 Å². The average molecular weight is 562 g/mol. The molecule has 33 heavy (non-hydrogen) atoms. The molecule has 200 valence electrons. The summed E-state index contributed by atoms with van der Waals surface area (Å²) in [5.74, 6) is -60.2. The third-order valence-electron chi connectivity index (χ3n) is 3.66. The predicted octanol–water partition coefficient (Wildman–Crippen LogP) is 7.19. The van der Waals surface area contributed by atoms with Crippen molar-refractivity contribution in [2.45, 2.75) is 53.3 Å². The fourth-order valence-electron chi connectivity index (χ4n) is 1.77. The first kappa shape index (κ1) is 32.0. The molecular weight excluding hydrogens is 556 g/mol. The maximum absolute atomic E-state index is 13.5. The molecular formula is C11H6F19O2P. The molecule has 0 aromatic heterocycles. The Morgan fingerprint density at radius 3 is 0.788 bits per heavy atom. The van der Waals surface area contributed by atoms with E-state index in [0.29, 0.717) is 0 Å². The van der Waals surface area contributed by atoms with Crippen LogP contribution >= 0.6 is 8.38 Å². The Bertz CT molecular complexity index is 694. The molecule has 0 aliphatic rings. The number of alkyl halides is 19. The van der Waals surface area contributed by atoms with Gasteiger partial charge in [0.15, 0.2) is 0 Å². The van der Waals surface area contributed by atoms with Gasteiger partial charge in [0.1, 0.15) is 0 Å². The van der Waals surface area contributed by atoms with Crippen LogP contribution in [-0.4, -0.2) is 67.5 Å². The van der Waals surface area contributed by atoms with Crippen LogP contribution in [0.4, 0.5) is 83.4 Å². The van der Waals surface area contributed by atoms with Gasteiger partial charge in [-0.1, -0.05) is 0 Å². The quantitative estimate of drug-likeness (QED) is 0.207. The summed E-state index contributed by atoms with van der Waals surface area (Å²) in [7, 11) is -4.80. The van der Waals surface area contributed by atoms with E-state index in [1.807, 2.05) is 0 Å². The molecule has 0 saturated carbocycles. The SMILES string of the molecule is COP(OC)C(F)(F)C(F)(F)C(F)(F)C(F)(F)C(F)(F)C(F)(F)C(F)(F)C(F)(F)C(F)(F)F. The second-order valence-corrected chi connectivity index (χ2v) is 7.49. The van der Waals surface area contributed by atoms with Crippen LogP contribution < -0.4 is 0 Å². The Kier molecular flexibility index (Phi) is 8.06. The van der Waals surface area contributed by atoms with Gasteiger partial charge in [-0.05, 0) is 0 Å². The zero-order valence-electron chi connectivity index (χ0n) is 14.9. The molecule has 0 heterocycles. The third kappa shape index (κ3) is 3.98. The van der Waals surface area contributed by atoms with E-state index in [4.69, 9.17) is 0 Å². The minimum absolute atomic E-state index is 0.0159. The van der Waals surface area contributed by atoms with Gasteiger partial charge in [-0.25, -0.2) is 0 Å². The molecule has 0 amide bonds. The number of halogens is 19. The van der Waals surface area contributed by atoms with Crippen molar-refractivity contribution in [3.8, 4) is 0 Å². The summed E-state index contributed by atoms with van der Waals surface area (Å²) in [4.78, 5) is 0. The second kappa shape index (κ2) is 8.30. The normalized spacial score (nSPS) is 16.5. The van der Waals surface area contributed by atoms with E-state index in [9.17, 15) is 83.4 Å². The standard InChI is InChI=1S/C11H6F19O2P/c1-31-33(32-2)11(29,30)9(24,25)7(20,21)5(16,17)3(12,13)4(14,15)6(18,19)8(22,23)10(26,27)28/h1-2H3. The third-order valence-corrected chi connectivity index (χ3v) is 5.06. The number of rotatable bonds is 10. The van der Waals surface area contributed by atoms with Crippen LogP contribution in [0.15, 0.2) is 0 Å². The molecule has 0 unspecified atom stereocenters. The van der Waals surface area contributed by atoms with Gasteiger partial charge in [0.05, 0.1) is 0 Å². The Balaban J connectivity index is 6.95. The summed E-state index contributed by atoms with van der Waals surface area (Å²) in [6, 6.07) is 0. The van der Waals surface area contributed by atoms with E-state index in [0.717, 1.165) is 0 Å². The first-order valence-electron chi connectivity index (χ1n) is 7.00. The molecule has 0 spiro atoms. The lowest BCUT2D eigenvalue weighted by Gasteiger charge is -2.44. The van der Waals surface area contributed by atoms with E-state index in [-0.39, 0.29) is 14.2 Å². The van der Waals surface area contributed by atoms with Gasteiger partial charge in [-0.3, -0.25) is 0 Å². The average Bonchev–Trinajstić information content (AvgIpc) is 2.60. The van der Waals surface area contributed by atoms with Crippen molar-refractivity contribution >= 4 is 8.38 Å². The van der Waals surface area contributed by atoms with Crippen molar-refractivity contribution in [1.29, 1.82) is 0 Å². The molecule has 0 aliphatic carbocycles. The fourth-order valence-corrected chi connectivity index (χ4v) is 2.75. The highest BCUT2D eigenvalue weighted by Crippen LogP contribution is 2.69. The molecule has 2 nitrogen and oxygen atoms in total. The van der Waals surface area contributed by atoms with Crippen LogP contribution in [-0.2, 0) is 9.05 Å². The lowest BCUT2D eigenvalue weighted by atomic mass is 9.89. The van der Waals surface area contributed by atoms with Gasteiger partial charge in [0.2, 0.25) is 0 Å². The monoisotopic (exact) mass is 562 g/mol. The minimum atomic E-state index is -8.94. The van der Waals surface area contributed by atoms with Crippen molar-refractivity contribution < 1.29 is 92.5 Å². The van der Waals surface area contributed by atoms with E-state index < -0.39 is 61.7 Å². The van der Waals surface area contributed by atoms with Gasteiger partial charge in [0, 0.05) is 14.2 Å². The molecule has 0 saturated heterocycles. The van der Waals surface area contributed by atoms with Crippen molar-refractivity contribution in [2.75, 3.05) is 14.2 Å². The summed E-state index contributed by atoms with van der Waals surface area (Å²) in [5.41, 5.74) is -6.79. The summed E-state index contributed by atoms with van der Waals surface area (Å²) in [6.45, 7) is 0. The van der Waals surface area contributed by atoms with Crippen LogP contribution in [0, 0.1) is 0 Å². The number of hydrogen-bond acceptors (Lipinski definition) is 2. The molecule has 0 aromatic rings. The Morgan fingerprint density at radius 1 is 0.364 bits per heavy atom. The maximum atomic E-state index is 13.5. The first-order valence-corrected chi connectivity index (χ1v) is 8.17. The molecule has 0 rings (SSSR count). The lowest BCUT2D eigenvalue weighted by Crippen LogP contribution is -2.75. The van der Waals surface area contributed by atoms with Crippen molar-refractivity contribution in [3.63, 3.8) is 0 Å². The van der Waals surface area contributed by atoms with E-state index in [1.165, 1.54) is 0 Å². The topological polar surface area (TPSA) is 18.5 Å². The highest BCUT2D eigenvalue weighted by atomic mass is 31.2. The summed E-state index contributed by atoms with van der Waals surface area (Å²) in [5, 5.41) is 0. The van der Waals surface area contributed by atoms with Gasteiger partial charge in [-0.2, -0.15) is 83.4 Å². The predicted molar refractivity (Wildman–Crippen MR) is 66.6 cm³/mol. The maximum Gasteiger partial charge on any atom is 0.460 e. The van der Waals surface area contributed by atoms with Crippen LogP contribution in [0.5, 0.6) is 0 Å². The zero-order valence-corrected chi connectivity index (χ0v) is 15.8. The van der Waals surface area contributed by atoms with Gasteiger partial charge in [-0.15, -0.1) is 0 Å². The molecule has 0 bridgehead atoms. The highest BCUT2D eigenvalue weighted by Gasteiger charge is 2.97. The van der Waals surface area contributed by atoms with Crippen LogP contribution in [0.1, 0.15) is 0 Å². The molecule has 0 aromatic carbocycles. The van der Waals surface area contributed by atoms with Gasteiger partial charge < -0.3 is 9.05 Å². The van der Waals surface area contributed by atoms with Crippen LogP contribution in [0.3, 0.4) is 0 Å². The summed E-state index contributed by atoms with van der Waals surface area (Å²) in [6.07, 6.45) is -7.91. The van der Waals surface area contributed by atoms with E-state index >= 15 is 0 Å². The molecule has 0 N–H and O–H groups in total. The van der Waals surface area contributed by atoms with Crippen molar-refractivity contribution in [2.24, 2.45) is 0 Å². The molecule has 0 fully saturated rings. The second-order valence-electron chi connectivity index (χ2n) is 5.68. The molecule has 22 heteroatoms. The van der Waals surface area contributed by atoms with Gasteiger partial charge in [0.25, 0.3) is 8.38 Å². The van der Waals surface area contributed by atoms with Gasteiger partial charge >= 0.3 is 53.3 Å². The Labute approximate surface area is 169 Å². The zero-order chi connectivity index (χ0) is 27.5.